The zero-order valence-electron chi connectivity index (χ0n) is 15.2. The normalized spacial score (nSPS) is 28.8. The van der Waals surface area contributed by atoms with Gasteiger partial charge in [-0.05, 0) is 62.5 Å². The fourth-order valence-corrected chi connectivity index (χ4v) is 5.00. The van der Waals surface area contributed by atoms with Crippen molar-refractivity contribution in [3.8, 4) is 0 Å². The van der Waals surface area contributed by atoms with Gasteiger partial charge in [0.2, 0.25) is 0 Å². The summed E-state index contributed by atoms with van der Waals surface area (Å²) in [5.41, 5.74) is 1.09. The number of fused-ring (bicyclic) bond motifs is 1. The van der Waals surface area contributed by atoms with Crippen LogP contribution < -0.4 is 0 Å². The maximum atomic E-state index is 12.9. The number of hydrogen-bond acceptors (Lipinski definition) is 5. The molecule has 3 rings (SSSR count). The van der Waals surface area contributed by atoms with E-state index in [1.807, 2.05) is 6.92 Å². The van der Waals surface area contributed by atoms with Crippen molar-refractivity contribution in [1.82, 2.24) is 9.80 Å². The topological polar surface area (TPSA) is 32.8 Å². The molecule has 0 aromatic carbocycles. The first-order chi connectivity index (χ1) is 11.5. The van der Waals surface area contributed by atoms with Crippen LogP contribution in [0, 0.1) is 11.3 Å². The SMILES string of the molecule is CCOC(=O)[C@@]12CCCN(Cc3ccsc3)C[C@@H]1CN(C(C)C)C2. The van der Waals surface area contributed by atoms with Gasteiger partial charge in [0.05, 0.1) is 12.0 Å². The molecular formula is C19H30N2O2S. The number of rotatable bonds is 5. The van der Waals surface area contributed by atoms with Crippen LogP contribution in [0.2, 0.25) is 0 Å². The highest BCUT2D eigenvalue weighted by atomic mass is 32.1. The van der Waals surface area contributed by atoms with E-state index in [1.54, 1.807) is 11.3 Å². The molecule has 4 nitrogen and oxygen atoms in total. The lowest BCUT2D eigenvalue weighted by atomic mass is 9.75. The van der Waals surface area contributed by atoms with Crippen LogP contribution in [0.25, 0.3) is 0 Å². The minimum atomic E-state index is -0.302. The van der Waals surface area contributed by atoms with E-state index in [4.69, 9.17) is 4.74 Å². The van der Waals surface area contributed by atoms with E-state index in [0.29, 0.717) is 18.6 Å². The van der Waals surface area contributed by atoms with Gasteiger partial charge in [0.15, 0.2) is 0 Å². The molecule has 0 saturated carbocycles. The fourth-order valence-electron chi connectivity index (χ4n) is 4.34. The molecule has 0 spiro atoms. The molecular weight excluding hydrogens is 320 g/mol. The van der Waals surface area contributed by atoms with Gasteiger partial charge in [0, 0.05) is 38.1 Å². The molecule has 2 saturated heterocycles. The number of carbonyl (C=O) groups excluding carboxylic acids is 1. The summed E-state index contributed by atoms with van der Waals surface area (Å²) in [6, 6.07) is 2.69. The molecule has 2 aliphatic heterocycles. The summed E-state index contributed by atoms with van der Waals surface area (Å²) in [5, 5.41) is 4.38. The molecule has 0 aliphatic carbocycles. The molecule has 0 unspecified atom stereocenters. The van der Waals surface area contributed by atoms with E-state index in [-0.39, 0.29) is 11.4 Å². The molecule has 3 heterocycles. The van der Waals surface area contributed by atoms with Crippen molar-refractivity contribution in [3.05, 3.63) is 22.4 Å². The van der Waals surface area contributed by atoms with Crippen LogP contribution in [0.4, 0.5) is 0 Å². The first-order valence-corrected chi connectivity index (χ1v) is 10.1. The Balaban J connectivity index is 1.79. The Hall–Kier alpha value is -0.910. The molecule has 0 radical (unpaired) electrons. The largest absolute Gasteiger partial charge is 0.466 e. The van der Waals surface area contributed by atoms with Crippen LogP contribution in [-0.4, -0.2) is 54.6 Å². The molecule has 2 atom stereocenters. The molecule has 24 heavy (non-hydrogen) atoms. The number of ether oxygens (including phenoxy) is 1. The smallest absolute Gasteiger partial charge is 0.313 e. The second-order valence-corrected chi connectivity index (χ2v) is 8.35. The molecule has 0 amide bonds. The van der Waals surface area contributed by atoms with E-state index in [0.717, 1.165) is 45.6 Å². The Bertz CT molecular complexity index is 546. The van der Waals surface area contributed by atoms with E-state index in [9.17, 15) is 4.79 Å². The Labute approximate surface area is 149 Å². The highest BCUT2D eigenvalue weighted by Crippen LogP contribution is 2.44. The summed E-state index contributed by atoms with van der Waals surface area (Å²) < 4.78 is 5.53. The summed E-state index contributed by atoms with van der Waals surface area (Å²) in [7, 11) is 0. The highest BCUT2D eigenvalue weighted by Gasteiger charge is 2.54. The Morgan fingerprint density at radius 1 is 1.46 bits per heavy atom. The molecule has 1 aromatic rings. The van der Waals surface area contributed by atoms with Crippen LogP contribution in [0.15, 0.2) is 16.8 Å². The predicted octanol–water partition coefficient (Wildman–Crippen LogP) is 3.23. The first kappa shape index (κ1) is 17.9. The number of esters is 1. The van der Waals surface area contributed by atoms with Crippen LogP contribution >= 0.6 is 11.3 Å². The second kappa shape index (κ2) is 7.54. The number of nitrogens with zero attached hydrogens (tertiary/aromatic N) is 2. The number of likely N-dealkylation sites (tertiary alicyclic amines) is 2. The average Bonchev–Trinajstić information content (AvgIpc) is 3.13. The van der Waals surface area contributed by atoms with Gasteiger partial charge in [-0.2, -0.15) is 11.3 Å². The first-order valence-electron chi connectivity index (χ1n) is 9.20. The van der Waals surface area contributed by atoms with Crippen LogP contribution in [0.5, 0.6) is 0 Å². The van der Waals surface area contributed by atoms with Gasteiger partial charge in [-0.25, -0.2) is 0 Å². The molecule has 0 bridgehead atoms. The monoisotopic (exact) mass is 350 g/mol. The highest BCUT2D eigenvalue weighted by molar-refractivity contribution is 7.07. The minimum absolute atomic E-state index is 0.0375. The molecule has 1 aromatic heterocycles. The lowest BCUT2D eigenvalue weighted by Gasteiger charge is -2.31. The third-order valence-corrected chi connectivity index (χ3v) is 6.43. The molecule has 2 aliphatic rings. The molecule has 134 valence electrons. The van der Waals surface area contributed by atoms with Gasteiger partial charge in [-0.3, -0.25) is 14.6 Å². The number of hydrogen-bond donors (Lipinski definition) is 0. The summed E-state index contributed by atoms with van der Waals surface area (Å²) in [5.74, 6) is 0.413. The minimum Gasteiger partial charge on any atom is -0.466 e. The summed E-state index contributed by atoms with van der Waals surface area (Å²) in [4.78, 5) is 17.9. The second-order valence-electron chi connectivity index (χ2n) is 7.57. The van der Waals surface area contributed by atoms with Crippen LogP contribution in [0.1, 0.15) is 39.2 Å². The Kier molecular flexibility index (Phi) is 5.63. The van der Waals surface area contributed by atoms with Gasteiger partial charge >= 0.3 is 5.97 Å². The maximum absolute atomic E-state index is 12.9. The van der Waals surface area contributed by atoms with Gasteiger partial charge in [0.1, 0.15) is 0 Å². The van der Waals surface area contributed by atoms with Crippen molar-refractivity contribution < 1.29 is 9.53 Å². The van der Waals surface area contributed by atoms with Crippen molar-refractivity contribution >= 4 is 17.3 Å². The van der Waals surface area contributed by atoms with E-state index in [2.05, 4.69) is 40.5 Å². The van der Waals surface area contributed by atoms with Crippen LogP contribution in [-0.2, 0) is 16.1 Å². The lowest BCUT2D eigenvalue weighted by Crippen LogP contribution is -2.42. The maximum Gasteiger partial charge on any atom is 0.313 e. The Morgan fingerprint density at radius 2 is 2.29 bits per heavy atom. The van der Waals surface area contributed by atoms with Gasteiger partial charge in [-0.15, -0.1) is 0 Å². The van der Waals surface area contributed by atoms with Crippen molar-refractivity contribution in [2.45, 2.75) is 46.2 Å². The summed E-state index contributed by atoms with van der Waals surface area (Å²) >= 11 is 1.76. The number of carbonyl (C=O) groups is 1. The Morgan fingerprint density at radius 3 is 2.96 bits per heavy atom. The van der Waals surface area contributed by atoms with Gasteiger partial charge in [0.25, 0.3) is 0 Å². The van der Waals surface area contributed by atoms with Crippen LogP contribution in [0.3, 0.4) is 0 Å². The molecule has 2 fully saturated rings. The number of thiophene rings is 1. The summed E-state index contributed by atoms with van der Waals surface area (Å²) in [6.45, 7) is 11.8. The van der Waals surface area contributed by atoms with Crippen molar-refractivity contribution in [2.75, 3.05) is 32.8 Å². The summed E-state index contributed by atoms with van der Waals surface area (Å²) in [6.07, 6.45) is 2.03. The zero-order chi connectivity index (χ0) is 17.2. The standard InChI is InChI=1S/C19H30N2O2S/c1-4-23-18(22)19-7-5-8-20(10-16-6-9-24-13-16)11-17(19)12-21(14-19)15(2)3/h6,9,13,15,17H,4-5,7-8,10-12,14H2,1-3H3/t17-,19-/m1/s1. The zero-order valence-corrected chi connectivity index (χ0v) is 16.0. The third kappa shape index (κ3) is 3.53. The van der Waals surface area contributed by atoms with Crippen molar-refractivity contribution in [2.24, 2.45) is 11.3 Å². The van der Waals surface area contributed by atoms with Gasteiger partial charge < -0.3 is 4.74 Å². The van der Waals surface area contributed by atoms with E-state index in [1.165, 1.54) is 5.56 Å². The van der Waals surface area contributed by atoms with E-state index < -0.39 is 0 Å². The van der Waals surface area contributed by atoms with E-state index >= 15 is 0 Å². The lowest BCUT2D eigenvalue weighted by molar-refractivity contribution is -0.157. The quantitative estimate of drug-likeness (QED) is 0.763. The third-order valence-electron chi connectivity index (χ3n) is 5.70. The van der Waals surface area contributed by atoms with Gasteiger partial charge in [-0.1, -0.05) is 0 Å². The van der Waals surface area contributed by atoms with Crippen molar-refractivity contribution in [3.63, 3.8) is 0 Å². The molecule has 5 heteroatoms. The fraction of sp³-hybridized carbons (Fsp3) is 0.737. The van der Waals surface area contributed by atoms with Crippen molar-refractivity contribution in [1.29, 1.82) is 0 Å². The average molecular weight is 351 g/mol. The predicted molar refractivity (Wildman–Crippen MR) is 98.1 cm³/mol. The molecule has 0 N–H and O–H groups in total.